The Labute approximate surface area is 102 Å². The van der Waals surface area contributed by atoms with E-state index >= 15 is 0 Å². The van der Waals surface area contributed by atoms with Crippen LogP contribution in [0, 0.1) is 5.92 Å². The molecule has 0 atom stereocenters. The van der Waals surface area contributed by atoms with Gasteiger partial charge >= 0.3 is 0 Å². The molecule has 0 spiro atoms. The summed E-state index contributed by atoms with van der Waals surface area (Å²) in [6.07, 6.45) is 3.55. The Morgan fingerprint density at radius 3 is 2.82 bits per heavy atom. The average Bonchev–Trinajstić information content (AvgIpc) is 2.40. The maximum absolute atomic E-state index is 12.1. The molecular weight excluding hydrogens is 220 g/mol. The van der Waals surface area contributed by atoms with Gasteiger partial charge in [-0.15, -0.1) is 0 Å². The van der Waals surface area contributed by atoms with E-state index in [1.807, 2.05) is 11.9 Å². The Morgan fingerprint density at radius 1 is 1.47 bits per heavy atom. The van der Waals surface area contributed by atoms with Crippen molar-refractivity contribution in [2.45, 2.75) is 12.8 Å². The summed E-state index contributed by atoms with van der Waals surface area (Å²) < 4.78 is 10.4. The minimum atomic E-state index is -0.0346. The highest BCUT2D eigenvalue weighted by molar-refractivity contribution is 5.91. The molecule has 1 saturated heterocycles. The molecule has 0 saturated carbocycles. The zero-order chi connectivity index (χ0) is 12.1. The Morgan fingerprint density at radius 2 is 2.24 bits per heavy atom. The van der Waals surface area contributed by atoms with E-state index in [1.54, 1.807) is 0 Å². The second-order valence-corrected chi connectivity index (χ2v) is 4.49. The lowest BCUT2D eigenvalue weighted by Crippen LogP contribution is -2.41. The van der Waals surface area contributed by atoms with Crippen molar-refractivity contribution in [1.82, 2.24) is 10.2 Å². The van der Waals surface area contributed by atoms with Crippen LogP contribution < -0.4 is 5.32 Å². The Kier molecular flexibility index (Phi) is 4.25. The molecule has 0 aromatic heterocycles. The molecule has 2 aliphatic heterocycles. The van der Waals surface area contributed by atoms with Crippen LogP contribution in [0.3, 0.4) is 0 Å². The van der Waals surface area contributed by atoms with Crippen LogP contribution in [0.1, 0.15) is 12.8 Å². The van der Waals surface area contributed by atoms with Crippen molar-refractivity contribution in [3.63, 3.8) is 0 Å². The molecule has 0 bridgehead atoms. The summed E-state index contributed by atoms with van der Waals surface area (Å²) in [5.74, 6) is 0.998. The number of carbonyl (C=O) groups excluding carboxylic acids is 1. The smallest absolute Gasteiger partial charge is 0.292 e. The average molecular weight is 240 g/mol. The topological polar surface area (TPSA) is 50.8 Å². The number of likely N-dealkylation sites (tertiary alicyclic amines) is 1. The van der Waals surface area contributed by atoms with Gasteiger partial charge < -0.3 is 19.7 Å². The van der Waals surface area contributed by atoms with Crippen LogP contribution in [0.4, 0.5) is 0 Å². The van der Waals surface area contributed by atoms with Crippen LogP contribution in [-0.4, -0.2) is 50.7 Å². The van der Waals surface area contributed by atoms with Gasteiger partial charge in [-0.2, -0.15) is 0 Å². The number of nitrogens with zero attached hydrogens (tertiary/aromatic N) is 1. The van der Waals surface area contributed by atoms with E-state index in [4.69, 9.17) is 9.47 Å². The number of rotatable bonds is 3. The molecule has 17 heavy (non-hydrogen) atoms. The van der Waals surface area contributed by atoms with Crippen molar-refractivity contribution < 1.29 is 14.3 Å². The molecule has 0 unspecified atom stereocenters. The monoisotopic (exact) mass is 240 g/mol. The zero-order valence-electron chi connectivity index (χ0n) is 10.3. The van der Waals surface area contributed by atoms with Gasteiger partial charge in [0.1, 0.15) is 19.5 Å². The highest BCUT2D eigenvalue weighted by Crippen LogP contribution is 2.19. The van der Waals surface area contributed by atoms with Crippen LogP contribution in [0.2, 0.25) is 0 Å². The Hall–Kier alpha value is -1.23. The van der Waals surface area contributed by atoms with Crippen LogP contribution in [-0.2, 0) is 14.3 Å². The quantitative estimate of drug-likeness (QED) is 0.772. The maximum atomic E-state index is 12.1. The Balaban J connectivity index is 1.83. The van der Waals surface area contributed by atoms with Crippen molar-refractivity contribution in [1.29, 1.82) is 0 Å². The molecule has 2 aliphatic rings. The zero-order valence-corrected chi connectivity index (χ0v) is 10.3. The van der Waals surface area contributed by atoms with Gasteiger partial charge in [-0.05, 0) is 32.4 Å². The summed E-state index contributed by atoms with van der Waals surface area (Å²) in [5, 5.41) is 3.19. The predicted octanol–water partition coefficient (Wildman–Crippen LogP) is 0.333. The number of amides is 1. The molecule has 0 aromatic carbocycles. The molecule has 1 N–H and O–H groups in total. The first-order valence-electron chi connectivity index (χ1n) is 6.19. The number of carbonyl (C=O) groups is 1. The van der Waals surface area contributed by atoms with Crippen molar-refractivity contribution >= 4 is 5.91 Å². The maximum Gasteiger partial charge on any atom is 0.292 e. The molecule has 5 heteroatoms. The van der Waals surface area contributed by atoms with Gasteiger partial charge in [0, 0.05) is 13.1 Å². The van der Waals surface area contributed by atoms with Gasteiger partial charge in [-0.1, -0.05) is 0 Å². The van der Waals surface area contributed by atoms with E-state index in [9.17, 15) is 4.79 Å². The first kappa shape index (κ1) is 12.2. The van der Waals surface area contributed by atoms with Gasteiger partial charge in [0.05, 0.1) is 0 Å². The fourth-order valence-corrected chi connectivity index (χ4v) is 2.27. The van der Waals surface area contributed by atoms with Gasteiger partial charge in [0.15, 0.2) is 0 Å². The van der Waals surface area contributed by atoms with E-state index in [0.717, 1.165) is 32.5 Å². The van der Waals surface area contributed by atoms with Gasteiger partial charge in [-0.25, -0.2) is 0 Å². The molecule has 5 nitrogen and oxygen atoms in total. The molecule has 0 aliphatic carbocycles. The molecule has 0 aromatic rings. The highest BCUT2D eigenvalue weighted by Gasteiger charge is 2.26. The van der Waals surface area contributed by atoms with Crippen molar-refractivity contribution in [3.05, 3.63) is 12.0 Å². The molecule has 2 heterocycles. The van der Waals surface area contributed by atoms with E-state index in [2.05, 4.69) is 5.32 Å². The second-order valence-electron chi connectivity index (χ2n) is 4.49. The number of ether oxygens (including phenoxy) is 2. The van der Waals surface area contributed by atoms with Crippen LogP contribution in [0.15, 0.2) is 12.0 Å². The first-order valence-corrected chi connectivity index (χ1v) is 6.19. The molecule has 0 radical (unpaired) electrons. The fourth-order valence-electron chi connectivity index (χ4n) is 2.27. The van der Waals surface area contributed by atoms with E-state index < -0.39 is 0 Å². The minimum absolute atomic E-state index is 0.0346. The summed E-state index contributed by atoms with van der Waals surface area (Å²) in [4.78, 5) is 13.9. The van der Waals surface area contributed by atoms with Crippen molar-refractivity contribution in [3.8, 4) is 0 Å². The van der Waals surface area contributed by atoms with Gasteiger partial charge in [0.25, 0.3) is 5.91 Å². The lowest BCUT2D eigenvalue weighted by molar-refractivity contribution is -0.133. The van der Waals surface area contributed by atoms with Gasteiger partial charge in [-0.3, -0.25) is 4.79 Å². The minimum Gasteiger partial charge on any atom is -0.494 e. The lowest BCUT2D eigenvalue weighted by atomic mass is 9.97. The van der Waals surface area contributed by atoms with E-state index in [-0.39, 0.29) is 5.91 Å². The third kappa shape index (κ3) is 3.12. The van der Waals surface area contributed by atoms with Crippen LogP contribution in [0.25, 0.3) is 0 Å². The van der Waals surface area contributed by atoms with E-state index in [0.29, 0.717) is 24.9 Å². The number of piperidine rings is 1. The number of hydrogen-bond donors (Lipinski definition) is 1. The summed E-state index contributed by atoms with van der Waals surface area (Å²) in [7, 11) is 1.97. The second kappa shape index (κ2) is 5.91. The predicted molar refractivity (Wildman–Crippen MR) is 63.2 cm³/mol. The van der Waals surface area contributed by atoms with Gasteiger partial charge in [0.2, 0.25) is 5.76 Å². The third-order valence-corrected chi connectivity index (χ3v) is 3.25. The molecular formula is C12H20N2O3. The lowest BCUT2D eigenvalue weighted by Gasteiger charge is -2.32. The van der Waals surface area contributed by atoms with Crippen molar-refractivity contribution in [2.75, 3.05) is 39.9 Å². The number of nitrogens with one attached hydrogen (secondary N) is 1. The summed E-state index contributed by atoms with van der Waals surface area (Å²) in [6.45, 7) is 3.65. The first-order chi connectivity index (χ1) is 8.31. The van der Waals surface area contributed by atoms with Crippen LogP contribution in [0.5, 0.6) is 0 Å². The molecule has 2 rings (SSSR count). The summed E-state index contributed by atoms with van der Waals surface area (Å²) >= 11 is 0. The van der Waals surface area contributed by atoms with Crippen LogP contribution >= 0.6 is 0 Å². The third-order valence-electron chi connectivity index (χ3n) is 3.25. The Bertz CT molecular complexity index is 296. The largest absolute Gasteiger partial charge is 0.494 e. The number of hydrogen-bond acceptors (Lipinski definition) is 4. The molecule has 96 valence electrons. The standard InChI is InChI=1S/C12H20N2O3/c1-13-8-10-2-4-14(5-3-10)12(15)11-9-16-6-7-17-11/h9-10,13H,2-8H2,1H3. The SMILES string of the molecule is CNCC1CCN(C(=O)C2=COCCO2)CC1. The molecule has 1 amide bonds. The molecule has 1 fully saturated rings. The fraction of sp³-hybridized carbons (Fsp3) is 0.750. The normalized spacial score (nSPS) is 21.5. The summed E-state index contributed by atoms with van der Waals surface area (Å²) in [6, 6.07) is 0. The highest BCUT2D eigenvalue weighted by atomic mass is 16.6. The van der Waals surface area contributed by atoms with E-state index in [1.165, 1.54) is 6.26 Å². The summed E-state index contributed by atoms with van der Waals surface area (Å²) in [5.41, 5.74) is 0. The van der Waals surface area contributed by atoms with Crippen molar-refractivity contribution in [2.24, 2.45) is 5.92 Å².